The Morgan fingerprint density at radius 3 is 2.89 bits per heavy atom. The van der Waals surface area contributed by atoms with Crippen molar-refractivity contribution in [1.82, 2.24) is 5.32 Å². The summed E-state index contributed by atoms with van der Waals surface area (Å²) in [6.07, 6.45) is 2.07. The largest absolute Gasteiger partial charge is 0.387 e. The minimum absolute atomic E-state index is 0.0586. The number of nitrogens with one attached hydrogen (secondary N) is 2. The van der Waals surface area contributed by atoms with E-state index in [9.17, 15) is 4.79 Å². The van der Waals surface area contributed by atoms with Gasteiger partial charge in [0.2, 0.25) is 0 Å². The predicted octanol–water partition coefficient (Wildman–Crippen LogP) is 2.03. The van der Waals surface area contributed by atoms with Gasteiger partial charge in [0, 0.05) is 25.9 Å². The van der Waals surface area contributed by atoms with Crippen LogP contribution in [0, 0.1) is 0 Å². The van der Waals surface area contributed by atoms with Gasteiger partial charge in [-0.15, -0.1) is 0 Å². The zero-order valence-corrected chi connectivity index (χ0v) is 11.0. The van der Waals surface area contributed by atoms with Crippen LogP contribution in [-0.2, 0) is 4.74 Å². The highest BCUT2D eigenvalue weighted by atomic mass is 16.5. The lowest BCUT2D eigenvalue weighted by molar-refractivity contribution is 0.0206. The van der Waals surface area contributed by atoms with Gasteiger partial charge in [-0.25, -0.2) is 0 Å². The van der Waals surface area contributed by atoms with Crippen molar-refractivity contribution in [3.8, 4) is 0 Å². The van der Waals surface area contributed by atoms with Crippen molar-refractivity contribution in [3.05, 3.63) is 29.8 Å². The molecule has 0 bridgehead atoms. The molecule has 2 rings (SSSR count). The number of carbonyl (C=O) groups excluding carboxylic acids is 1. The van der Waals surface area contributed by atoms with E-state index in [0.717, 1.165) is 25.1 Å². The molecule has 1 fully saturated rings. The third-order valence-corrected chi connectivity index (χ3v) is 3.36. The van der Waals surface area contributed by atoms with Crippen molar-refractivity contribution in [2.45, 2.75) is 25.4 Å². The van der Waals surface area contributed by atoms with Crippen molar-refractivity contribution < 1.29 is 9.53 Å². The zero-order chi connectivity index (χ0) is 13.0. The van der Waals surface area contributed by atoms with Crippen molar-refractivity contribution in [2.24, 2.45) is 0 Å². The van der Waals surface area contributed by atoms with E-state index in [2.05, 4.69) is 10.6 Å². The Morgan fingerprint density at radius 2 is 2.22 bits per heavy atom. The highest BCUT2D eigenvalue weighted by Crippen LogP contribution is 2.24. The summed E-state index contributed by atoms with van der Waals surface area (Å²) < 4.78 is 5.65. The number of anilines is 1. The molecule has 1 aromatic rings. The maximum Gasteiger partial charge on any atom is 0.253 e. The molecule has 0 spiro atoms. The maximum atomic E-state index is 12.1. The molecule has 4 nitrogen and oxygen atoms in total. The van der Waals surface area contributed by atoms with Gasteiger partial charge in [-0.2, -0.15) is 0 Å². The molecule has 1 unspecified atom stereocenters. The molecule has 1 heterocycles. The first-order chi connectivity index (χ1) is 8.64. The Bertz CT molecular complexity index is 426. The smallest absolute Gasteiger partial charge is 0.253 e. The molecular weight excluding hydrogens is 228 g/mol. The van der Waals surface area contributed by atoms with E-state index in [4.69, 9.17) is 4.74 Å². The highest BCUT2D eigenvalue weighted by molar-refractivity contribution is 5.99. The number of rotatable bonds is 4. The van der Waals surface area contributed by atoms with Gasteiger partial charge in [0.05, 0.1) is 11.2 Å². The number of hydrogen-bond donors (Lipinski definition) is 2. The second kappa shape index (κ2) is 5.40. The van der Waals surface area contributed by atoms with Crippen LogP contribution in [0.1, 0.15) is 30.1 Å². The molecule has 1 aromatic carbocycles. The van der Waals surface area contributed by atoms with Gasteiger partial charge in [0.25, 0.3) is 5.91 Å². The zero-order valence-electron chi connectivity index (χ0n) is 11.0. The number of carbonyl (C=O) groups is 1. The number of hydrogen-bond acceptors (Lipinski definition) is 3. The van der Waals surface area contributed by atoms with Gasteiger partial charge in [-0.1, -0.05) is 12.1 Å². The lowest BCUT2D eigenvalue weighted by Crippen LogP contribution is -2.40. The summed E-state index contributed by atoms with van der Waals surface area (Å²) in [7, 11) is 1.81. The minimum atomic E-state index is -0.204. The molecule has 1 saturated heterocycles. The monoisotopic (exact) mass is 248 g/mol. The highest BCUT2D eigenvalue weighted by Gasteiger charge is 2.30. The number of ether oxygens (including phenoxy) is 1. The summed E-state index contributed by atoms with van der Waals surface area (Å²) in [6.45, 7) is 3.40. The number of benzene rings is 1. The second-order valence-electron chi connectivity index (χ2n) is 4.88. The molecule has 98 valence electrons. The van der Waals surface area contributed by atoms with Crippen molar-refractivity contribution in [1.29, 1.82) is 0 Å². The molecule has 0 aromatic heterocycles. The van der Waals surface area contributed by atoms with Crippen LogP contribution in [-0.4, -0.2) is 31.7 Å². The Kier molecular flexibility index (Phi) is 3.87. The van der Waals surface area contributed by atoms with E-state index in [0.29, 0.717) is 12.1 Å². The summed E-state index contributed by atoms with van der Waals surface area (Å²) in [5.41, 5.74) is 1.30. The Morgan fingerprint density at radius 1 is 1.44 bits per heavy atom. The van der Waals surface area contributed by atoms with E-state index in [1.54, 1.807) is 0 Å². The fourth-order valence-corrected chi connectivity index (χ4v) is 2.24. The summed E-state index contributed by atoms with van der Waals surface area (Å²) in [5.74, 6) is -0.0586. The molecule has 1 amide bonds. The average Bonchev–Trinajstić information content (AvgIpc) is 2.83. The van der Waals surface area contributed by atoms with Gasteiger partial charge >= 0.3 is 0 Å². The standard InChI is InChI=1S/C14H20N2O2/c1-14(8-5-9-18-14)10-16-13(17)11-6-3-4-7-12(11)15-2/h3-4,6-7,15H,5,8-10H2,1-2H3,(H,16,17). The van der Waals surface area contributed by atoms with Crippen molar-refractivity contribution in [3.63, 3.8) is 0 Å². The SMILES string of the molecule is CNc1ccccc1C(=O)NCC1(C)CCCO1. The van der Waals surface area contributed by atoms with Crippen LogP contribution >= 0.6 is 0 Å². The number of para-hydroxylation sites is 1. The summed E-state index contributed by atoms with van der Waals surface area (Å²) in [4.78, 5) is 12.1. The van der Waals surface area contributed by atoms with Crippen LogP contribution in [0.5, 0.6) is 0 Å². The van der Waals surface area contributed by atoms with Crippen LogP contribution in [0.25, 0.3) is 0 Å². The van der Waals surface area contributed by atoms with Crippen molar-refractivity contribution >= 4 is 11.6 Å². The van der Waals surface area contributed by atoms with Gasteiger partial charge < -0.3 is 15.4 Å². The minimum Gasteiger partial charge on any atom is -0.387 e. The maximum absolute atomic E-state index is 12.1. The van der Waals surface area contributed by atoms with Crippen LogP contribution in [0.2, 0.25) is 0 Å². The Labute approximate surface area is 108 Å². The summed E-state index contributed by atoms with van der Waals surface area (Å²) in [5, 5.41) is 5.97. The van der Waals surface area contributed by atoms with Crippen LogP contribution < -0.4 is 10.6 Å². The third kappa shape index (κ3) is 2.82. The lowest BCUT2D eigenvalue weighted by atomic mass is 10.0. The van der Waals surface area contributed by atoms with Gasteiger partial charge in [0.15, 0.2) is 0 Å². The van der Waals surface area contributed by atoms with Gasteiger partial charge in [-0.05, 0) is 31.9 Å². The Balaban J connectivity index is 1.99. The fraction of sp³-hybridized carbons (Fsp3) is 0.500. The fourth-order valence-electron chi connectivity index (χ4n) is 2.24. The van der Waals surface area contributed by atoms with Crippen LogP contribution in [0.4, 0.5) is 5.69 Å². The average molecular weight is 248 g/mol. The summed E-state index contributed by atoms with van der Waals surface area (Å²) in [6, 6.07) is 7.48. The Hall–Kier alpha value is -1.55. The number of amides is 1. The molecule has 18 heavy (non-hydrogen) atoms. The normalized spacial score (nSPS) is 22.8. The van der Waals surface area contributed by atoms with E-state index < -0.39 is 0 Å². The second-order valence-corrected chi connectivity index (χ2v) is 4.88. The van der Waals surface area contributed by atoms with E-state index in [1.807, 2.05) is 38.2 Å². The molecular formula is C14H20N2O2. The van der Waals surface area contributed by atoms with E-state index in [1.165, 1.54) is 0 Å². The van der Waals surface area contributed by atoms with Gasteiger partial charge in [0.1, 0.15) is 0 Å². The van der Waals surface area contributed by atoms with Crippen molar-refractivity contribution in [2.75, 3.05) is 25.5 Å². The van der Waals surface area contributed by atoms with E-state index in [-0.39, 0.29) is 11.5 Å². The molecule has 0 aliphatic carbocycles. The van der Waals surface area contributed by atoms with E-state index >= 15 is 0 Å². The molecule has 4 heteroatoms. The molecule has 1 atom stereocenters. The quantitative estimate of drug-likeness (QED) is 0.857. The predicted molar refractivity (Wildman–Crippen MR) is 71.9 cm³/mol. The molecule has 1 aliphatic rings. The topological polar surface area (TPSA) is 50.4 Å². The molecule has 1 aliphatic heterocycles. The third-order valence-electron chi connectivity index (χ3n) is 3.36. The molecule has 2 N–H and O–H groups in total. The summed E-state index contributed by atoms with van der Waals surface area (Å²) >= 11 is 0. The molecule has 0 saturated carbocycles. The first-order valence-corrected chi connectivity index (χ1v) is 6.33. The van der Waals surface area contributed by atoms with Crippen LogP contribution in [0.15, 0.2) is 24.3 Å². The first-order valence-electron chi connectivity index (χ1n) is 6.33. The van der Waals surface area contributed by atoms with Crippen LogP contribution in [0.3, 0.4) is 0 Å². The molecule has 0 radical (unpaired) electrons. The lowest BCUT2D eigenvalue weighted by Gasteiger charge is -2.23. The first kappa shape index (κ1) is 12.9. The van der Waals surface area contributed by atoms with Gasteiger partial charge in [-0.3, -0.25) is 4.79 Å².